The highest BCUT2D eigenvalue weighted by Gasteiger charge is 2.18. The van der Waals surface area contributed by atoms with Gasteiger partial charge in [0.2, 0.25) is 5.78 Å². The third-order valence-corrected chi connectivity index (χ3v) is 4.55. The molecule has 1 aromatic carbocycles. The number of hydrogen-bond donors (Lipinski definition) is 0. The summed E-state index contributed by atoms with van der Waals surface area (Å²) >= 11 is 0. The molecule has 7 nitrogen and oxygen atoms in total. The van der Waals surface area contributed by atoms with Crippen molar-refractivity contribution in [3.8, 4) is 0 Å². The van der Waals surface area contributed by atoms with Gasteiger partial charge >= 0.3 is 11.7 Å². The van der Waals surface area contributed by atoms with Crippen molar-refractivity contribution in [2.45, 2.75) is 40.3 Å². The van der Waals surface area contributed by atoms with Crippen molar-refractivity contribution >= 4 is 22.9 Å². The molecule has 0 aliphatic rings. The molecule has 0 aliphatic carbocycles. The van der Waals surface area contributed by atoms with Crippen LogP contribution in [-0.4, -0.2) is 27.5 Å². The molecule has 0 bridgehead atoms. The van der Waals surface area contributed by atoms with Gasteiger partial charge in [0.25, 0.3) is 0 Å². The van der Waals surface area contributed by atoms with Gasteiger partial charge in [0.15, 0.2) is 12.2 Å². The van der Waals surface area contributed by atoms with E-state index in [2.05, 4.69) is 11.5 Å². The van der Waals surface area contributed by atoms with Gasteiger partial charge in [-0.25, -0.2) is 4.79 Å². The Labute approximate surface area is 156 Å². The lowest BCUT2D eigenvalue weighted by Crippen LogP contribution is -2.23. The number of ether oxygens (including phenoxy) is 1. The van der Waals surface area contributed by atoms with Gasteiger partial charge in [-0.15, -0.1) is 0 Å². The molecule has 142 valence electrons. The number of ketones is 1. The summed E-state index contributed by atoms with van der Waals surface area (Å²) in [5.41, 5.74) is 3.33. The number of oxazole rings is 1. The summed E-state index contributed by atoms with van der Waals surface area (Å²) in [5, 5.41) is 0. The van der Waals surface area contributed by atoms with E-state index in [1.807, 2.05) is 19.9 Å². The Morgan fingerprint density at radius 2 is 1.89 bits per heavy atom. The molecule has 0 unspecified atom stereocenters. The van der Waals surface area contributed by atoms with Crippen molar-refractivity contribution < 1.29 is 18.7 Å². The molecule has 0 atom stereocenters. The number of aromatic nitrogens is 2. The van der Waals surface area contributed by atoms with Gasteiger partial charge in [-0.2, -0.15) is 0 Å². The van der Waals surface area contributed by atoms with Crippen molar-refractivity contribution in [1.82, 2.24) is 9.13 Å². The summed E-state index contributed by atoms with van der Waals surface area (Å²) < 4.78 is 13.4. The largest absolute Gasteiger partial charge is 0.456 e. The Bertz CT molecular complexity index is 1050. The van der Waals surface area contributed by atoms with Gasteiger partial charge in [0.05, 0.1) is 5.52 Å². The van der Waals surface area contributed by atoms with Crippen LogP contribution in [-0.2, 0) is 22.6 Å². The van der Waals surface area contributed by atoms with Gasteiger partial charge in [0.1, 0.15) is 6.54 Å². The second-order valence-electron chi connectivity index (χ2n) is 6.44. The van der Waals surface area contributed by atoms with E-state index in [1.54, 1.807) is 24.3 Å². The van der Waals surface area contributed by atoms with E-state index in [4.69, 9.17) is 9.15 Å². The molecule has 3 rings (SSSR count). The number of fused-ring (bicyclic) bond motifs is 1. The number of benzene rings is 1. The van der Waals surface area contributed by atoms with Crippen LogP contribution in [0.2, 0.25) is 0 Å². The molecule has 0 aliphatic heterocycles. The van der Waals surface area contributed by atoms with E-state index in [9.17, 15) is 14.4 Å². The highest BCUT2D eigenvalue weighted by Crippen LogP contribution is 2.17. The molecule has 2 aromatic heterocycles. The molecule has 0 amide bonds. The molecule has 7 heteroatoms. The van der Waals surface area contributed by atoms with E-state index in [-0.39, 0.29) is 18.9 Å². The Morgan fingerprint density at radius 1 is 1.15 bits per heavy atom. The van der Waals surface area contributed by atoms with Gasteiger partial charge in [-0.3, -0.25) is 14.2 Å². The first kappa shape index (κ1) is 18.7. The number of Topliss-reactive ketones (excluding diaryl/α,β-unsaturated/α-hetero) is 1. The molecular weight excluding hydrogens is 348 g/mol. The lowest BCUT2D eigenvalue weighted by Gasteiger charge is -2.08. The number of carbonyl (C=O) groups is 2. The second-order valence-corrected chi connectivity index (χ2v) is 6.44. The maximum absolute atomic E-state index is 12.4. The van der Waals surface area contributed by atoms with Gasteiger partial charge in [-0.1, -0.05) is 19.1 Å². The fourth-order valence-electron chi connectivity index (χ4n) is 3.21. The van der Waals surface area contributed by atoms with Gasteiger partial charge < -0.3 is 13.7 Å². The predicted octanol–water partition coefficient (Wildman–Crippen LogP) is 2.85. The maximum Gasteiger partial charge on any atom is 0.420 e. The third-order valence-electron chi connectivity index (χ3n) is 4.55. The molecule has 2 heterocycles. The minimum atomic E-state index is -0.667. The van der Waals surface area contributed by atoms with Crippen molar-refractivity contribution in [3.05, 3.63) is 57.8 Å². The van der Waals surface area contributed by atoms with Gasteiger partial charge in [-0.05, 0) is 38.5 Å². The molecule has 0 saturated carbocycles. The lowest BCUT2D eigenvalue weighted by atomic mass is 10.1. The SMILES string of the molecule is CCCn1c(C)cc(C(=O)COC(=O)Cn2c(=O)oc3ccccc32)c1C. The van der Waals surface area contributed by atoms with Crippen molar-refractivity contribution in [3.63, 3.8) is 0 Å². The van der Waals surface area contributed by atoms with Gasteiger partial charge in [0, 0.05) is 23.5 Å². The first-order valence-electron chi connectivity index (χ1n) is 8.86. The minimum absolute atomic E-state index is 0.261. The Balaban J connectivity index is 1.67. The van der Waals surface area contributed by atoms with Crippen molar-refractivity contribution in [1.29, 1.82) is 0 Å². The fourth-order valence-corrected chi connectivity index (χ4v) is 3.21. The highest BCUT2D eigenvalue weighted by atomic mass is 16.5. The first-order chi connectivity index (χ1) is 12.9. The Hall–Kier alpha value is -3.09. The molecule has 3 aromatic rings. The standard InChI is InChI=1S/C20H22N2O5/c1-4-9-21-13(2)10-15(14(21)3)17(23)12-26-19(24)11-22-16-7-5-6-8-18(16)27-20(22)25/h5-8,10H,4,9,11-12H2,1-3H3. The van der Waals surface area contributed by atoms with E-state index in [0.29, 0.717) is 16.7 Å². The van der Waals surface area contributed by atoms with Crippen LogP contribution in [0.1, 0.15) is 35.1 Å². The quantitative estimate of drug-likeness (QED) is 0.472. The molecule has 0 spiro atoms. The number of para-hydroxylation sites is 2. The monoisotopic (exact) mass is 370 g/mol. The maximum atomic E-state index is 12.4. The summed E-state index contributed by atoms with van der Waals surface area (Å²) in [6.07, 6.45) is 0.965. The molecule has 0 fully saturated rings. The lowest BCUT2D eigenvalue weighted by molar-refractivity contribution is -0.143. The Kier molecular flexibility index (Phi) is 5.30. The number of nitrogens with zero attached hydrogens (tertiary/aromatic N) is 2. The minimum Gasteiger partial charge on any atom is -0.456 e. The number of rotatable bonds is 7. The van der Waals surface area contributed by atoms with Crippen LogP contribution in [0, 0.1) is 13.8 Å². The van der Waals surface area contributed by atoms with E-state index >= 15 is 0 Å². The van der Waals surface area contributed by atoms with E-state index < -0.39 is 11.7 Å². The predicted molar refractivity (Wildman–Crippen MR) is 100.0 cm³/mol. The van der Waals surface area contributed by atoms with Crippen LogP contribution in [0.15, 0.2) is 39.5 Å². The Morgan fingerprint density at radius 3 is 2.63 bits per heavy atom. The summed E-state index contributed by atoms with van der Waals surface area (Å²) in [7, 11) is 0. The average molecular weight is 370 g/mol. The summed E-state index contributed by atoms with van der Waals surface area (Å²) in [5.74, 6) is -1.56. The molecule has 27 heavy (non-hydrogen) atoms. The number of aryl methyl sites for hydroxylation is 1. The van der Waals surface area contributed by atoms with Crippen LogP contribution in [0.25, 0.3) is 11.1 Å². The number of esters is 1. The van der Waals surface area contributed by atoms with Crippen LogP contribution in [0.3, 0.4) is 0 Å². The average Bonchev–Trinajstić information content (AvgIpc) is 3.11. The smallest absolute Gasteiger partial charge is 0.420 e. The summed E-state index contributed by atoms with van der Waals surface area (Å²) in [6.45, 7) is 6.07. The third kappa shape index (κ3) is 3.72. The van der Waals surface area contributed by atoms with Crippen molar-refractivity contribution in [2.24, 2.45) is 0 Å². The van der Waals surface area contributed by atoms with Crippen LogP contribution in [0.5, 0.6) is 0 Å². The summed E-state index contributed by atoms with van der Waals surface area (Å²) in [4.78, 5) is 36.5. The van der Waals surface area contributed by atoms with Crippen molar-refractivity contribution in [2.75, 3.05) is 6.61 Å². The fraction of sp³-hybridized carbons (Fsp3) is 0.350. The highest BCUT2D eigenvalue weighted by molar-refractivity contribution is 5.99. The zero-order valence-corrected chi connectivity index (χ0v) is 15.7. The van der Waals surface area contributed by atoms with E-state index in [0.717, 1.165) is 24.4 Å². The number of carbonyl (C=O) groups excluding carboxylic acids is 2. The second kappa shape index (κ2) is 7.65. The molecular formula is C20H22N2O5. The topological polar surface area (TPSA) is 83.4 Å². The zero-order chi connectivity index (χ0) is 19.6. The molecule has 0 radical (unpaired) electrons. The van der Waals surface area contributed by atoms with E-state index in [1.165, 1.54) is 4.57 Å². The first-order valence-corrected chi connectivity index (χ1v) is 8.86. The summed E-state index contributed by atoms with van der Waals surface area (Å²) in [6, 6.07) is 8.63. The number of hydrogen-bond acceptors (Lipinski definition) is 5. The zero-order valence-electron chi connectivity index (χ0n) is 15.7. The van der Waals surface area contributed by atoms with Crippen LogP contribution >= 0.6 is 0 Å². The molecule has 0 saturated heterocycles. The van der Waals surface area contributed by atoms with Crippen LogP contribution in [0.4, 0.5) is 0 Å². The van der Waals surface area contributed by atoms with Crippen LogP contribution < -0.4 is 5.76 Å². The normalized spacial score (nSPS) is 11.1. The molecule has 0 N–H and O–H groups in total.